The molecule has 1 aromatic rings. The Hall–Kier alpha value is -1.14. The van der Waals surface area contributed by atoms with E-state index in [9.17, 15) is 8.42 Å². The number of pyridine rings is 1. The van der Waals surface area contributed by atoms with Crippen LogP contribution in [-0.4, -0.2) is 31.7 Å². The van der Waals surface area contributed by atoms with Crippen LogP contribution >= 0.6 is 0 Å². The summed E-state index contributed by atoms with van der Waals surface area (Å²) in [6.45, 7) is 6.83. The topological polar surface area (TPSA) is 71.1 Å². The Morgan fingerprint density at radius 3 is 2.68 bits per heavy atom. The number of hydrogen-bond donors (Lipinski definition) is 2. The van der Waals surface area contributed by atoms with Crippen LogP contribution in [0, 0.1) is 6.92 Å². The van der Waals surface area contributed by atoms with Crippen LogP contribution in [0.2, 0.25) is 0 Å². The molecule has 1 heterocycles. The van der Waals surface area contributed by atoms with Crippen molar-refractivity contribution in [2.45, 2.75) is 39.7 Å². The third-order valence-corrected chi connectivity index (χ3v) is 4.04. The van der Waals surface area contributed by atoms with E-state index in [0.717, 1.165) is 18.5 Å². The van der Waals surface area contributed by atoms with Crippen molar-refractivity contribution in [3.8, 4) is 0 Å². The van der Waals surface area contributed by atoms with Crippen molar-refractivity contribution in [2.24, 2.45) is 0 Å². The van der Waals surface area contributed by atoms with Gasteiger partial charge in [-0.2, -0.15) is 0 Å². The molecule has 5 nitrogen and oxygen atoms in total. The molecule has 6 heteroatoms. The molecule has 0 bridgehead atoms. The van der Waals surface area contributed by atoms with E-state index >= 15 is 0 Å². The third kappa shape index (κ3) is 6.54. The molecule has 1 rings (SSSR count). The fourth-order valence-electron chi connectivity index (χ4n) is 1.61. The molecule has 0 saturated carbocycles. The highest BCUT2D eigenvalue weighted by Gasteiger charge is 2.11. The maximum Gasteiger partial charge on any atom is 0.232 e. The number of hydrogen-bond acceptors (Lipinski definition) is 4. The van der Waals surface area contributed by atoms with E-state index in [1.807, 2.05) is 6.92 Å². The minimum atomic E-state index is -3.26. The van der Waals surface area contributed by atoms with Crippen LogP contribution in [0.1, 0.15) is 32.3 Å². The van der Waals surface area contributed by atoms with E-state index in [2.05, 4.69) is 28.9 Å². The molecule has 0 aliphatic rings. The predicted molar refractivity (Wildman–Crippen MR) is 78.8 cm³/mol. The molecule has 2 N–H and O–H groups in total. The van der Waals surface area contributed by atoms with Gasteiger partial charge in [-0.15, -0.1) is 0 Å². The van der Waals surface area contributed by atoms with Crippen molar-refractivity contribution in [3.63, 3.8) is 0 Å². The van der Waals surface area contributed by atoms with Crippen molar-refractivity contribution in [3.05, 3.63) is 24.0 Å². The van der Waals surface area contributed by atoms with E-state index in [0.29, 0.717) is 18.2 Å². The van der Waals surface area contributed by atoms with Gasteiger partial charge in [0.15, 0.2) is 0 Å². The van der Waals surface area contributed by atoms with Crippen molar-refractivity contribution < 1.29 is 8.42 Å². The molecule has 0 aromatic carbocycles. The van der Waals surface area contributed by atoms with Gasteiger partial charge >= 0.3 is 0 Å². The van der Waals surface area contributed by atoms with Gasteiger partial charge in [-0.3, -0.25) is 9.71 Å². The average molecular weight is 285 g/mol. The fourth-order valence-corrected chi connectivity index (χ4v) is 2.86. The summed E-state index contributed by atoms with van der Waals surface area (Å²) in [5.74, 6) is 0.147. The number of aromatic nitrogens is 1. The molecule has 0 unspecified atom stereocenters. The Balaban J connectivity index is 2.38. The molecule has 108 valence electrons. The van der Waals surface area contributed by atoms with E-state index < -0.39 is 10.0 Å². The first kappa shape index (κ1) is 15.9. The first-order chi connectivity index (χ1) is 8.91. The van der Waals surface area contributed by atoms with Gasteiger partial charge in [0.05, 0.1) is 11.4 Å². The molecule has 1 aromatic heterocycles. The first-order valence-corrected chi connectivity index (χ1v) is 8.20. The summed E-state index contributed by atoms with van der Waals surface area (Å²) in [4.78, 5) is 3.93. The molecule has 0 saturated heterocycles. The third-order valence-electron chi connectivity index (χ3n) is 2.68. The van der Waals surface area contributed by atoms with E-state index in [1.54, 1.807) is 18.5 Å². The Kier molecular flexibility index (Phi) is 6.24. The van der Waals surface area contributed by atoms with Crippen molar-refractivity contribution in [2.75, 3.05) is 17.0 Å². The molecular weight excluding hydrogens is 262 g/mol. The highest BCUT2D eigenvalue weighted by Crippen LogP contribution is 2.14. The lowest BCUT2D eigenvalue weighted by Gasteiger charge is -2.10. The maximum absolute atomic E-state index is 11.9. The monoisotopic (exact) mass is 285 g/mol. The Bertz CT molecular complexity index is 486. The summed E-state index contributed by atoms with van der Waals surface area (Å²) in [6.07, 6.45) is 4.73. The molecule has 0 aliphatic heterocycles. The van der Waals surface area contributed by atoms with Crippen LogP contribution in [-0.2, 0) is 10.0 Å². The number of nitrogens with one attached hydrogen (secondary N) is 2. The molecule has 19 heavy (non-hydrogen) atoms. The van der Waals surface area contributed by atoms with E-state index in [1.165, 1.54) is 0 Å². The van der Waals surface area contributed by atoms with Gasteiger partial charge < -0.3 is 5.32 Å². The minimum absolute atomic E-state index is 0.147. The number of rotatable bonds is 8. The fraction of sp³-hybridized carbons (Fsp3) is 0.615. The van der Waals surface area contributed by atoms with Crippen LogP contribution in [0.3, 0.4) is 0 Å². The zero-order valence-corrected chi connectivity index (χ0v) is 12.6. The van der Waals surface area contributed by atoms with Gasteiger partial charge in [-0.1, -0.05) is 13.8 Å². The van der Waals surface area contributed by atoms with Gasteiger partial charge in [0.2, 0.25) is 10.0 Å². The van der Waals surface area contributed by atoms with Crippen LogP contribution in [0.5, 0.6) is 0 Å². The Morgan fingerprint density at radius 2 is 2.05 bits per heavy atom. The molecule has 0 amide bonds. The quantitative estimate of drug-likeness (QED) is 0.716. The lowest BCUT2D eigenvalue weighted by atomic mass is 10.3. The Morgan fingerprint density at radius 1 is 1.32 bits per heavy atom. The second-order valence-electron chi connectivity index (χ2n) is 4.93. The number of anilines is 1. The lowest BCUT2D eigenvalue weighted by molar-refractivity contribution is 0.561. The largest absolute Gasteiger partial charge is 0.315 e. The number of aryl methyl sites for hydroxylation is 1. The summed E-state index contributed by atoms with van der Waals surface area (Å²) >= 11 is 0. The molecule has 0 aliphatic carbocycles. The molecule has 0 spiro atoms. The first-order valence-electron chi connectivity index (χ1n) is 6.55. The molecule has 0 atom stereocenters. The maximum atomic E-state index is 11.9. The molecular formula is C13H23N3O2S. The van der Waals surface area contributed by atoms with Crippen LogP contribution < -0.4 is 10.0 Å². The van der Waals surface area contributed by atoms with Crippen molar-refractivity contribution in [1.29, 1.82) is 0 Å². The van der Waals surface area contributed by atoms with Crippen molar-refractivity contribution >= 4 is 15.7 Å². The number of unbranched alkanes of at least 4 members (excludes halogenated alkanes) is 1. The van der Waals surface area contributed by atoms with E-state index in [-0.39, 0.29) is 5.75 Å². The molecule has 0 fully saturated rings. The highest BCUT2D eigenvalue weighted by atomic mass is 32.2. The van der Waals surface area contributed by atoms with Crippen LogP contribution in [0.25, 0.3) is 0 Å². The smallest absolute Gasteiger partial charge is 0.232 e. The SMILES string of the molecule is Cc1cnccc1NS(=O)(=O)CCCCNC(C)C. The number of sulfonamides is 1. The lowest BCUT2D eigenvalue weighted by Crippen LogP contribution is -2.24. The Labute approximate surface area is 115 Å². The van der Waals surface area contributed by atoms with Crippen LogP contribution in [0.15, 0.2) is 18.5 Å². The molecule has 0 radical (unpaired) electrons. The van der Waals surface area contributed by atoms with Gasteiger partial charge in [0, 0.05) is 18.4 Å². The zero-order chi connectivity index (χ0) is 14.3. The summed E-state index contributed by atoms with van der Waals surface area (Å²) < 4.78 is 26.4. The van der Waals surface area contributed by atoms with Gasteiger partial charge in [0.1, 0.15) is 0 Å². The summed E-state index contributed by atoms with van der Waals surface area (Å²) in [7, 11) is -3.26. The summed E-state index contributed by atoms with van der Waals surface area (Å²) in [5.41, 5.74) is 1.43. The number of nitrogens with zero attached hydrogens (tertiary/aromatic N) is 1. The summed E-state index contributed by atoms with van der Waals surface area (Å²) in [5, 5.41) is 3.27. The van der Waals surface area contributed by atoms with Crippen LogP contribution in [0.4, 0.5) is 5.69 Å². The standard InChI is InChI=1S/C13H23N3O2S/c1-11(2)15-7-4-5-9-19(17,18)16-13-6-8-14-10-12(13)3/h6,8,10-11,15H,4-5,7,9H2,1-3H3,(H,14,16). The van der Waals surface area contributed by atoms with E-state index in [4.69, 9.17) is 0 Å². The average Bonchev–Trinajstić information content (AvgIpc) is 2.31. The van der Waals surface area contributed by atoms with Gasteiger partial charge in [-0.25, -0.2) is 8.42 Å². The normalized spacial score (nSPS) is 11.8. The van der Waals surface area contributed by atoms with Gasteiger partial charge in [-0.05, 0) is 37.9 Å². The van der Waals surface area contributed by atoms with Crippen molar-refractivity contribution in [1.82, 2.24) is 10.3 Å². The second-order valence-corrected chi connectivity index (χ2v) is 6.77. The summed E-state index contributed by atoms with van der Waals surface area (Å²) in [6, 6.07) is 2.11. The predicted octanol–water partition coefficient (Wildman–Crippen LogP) is 1.91. The van der Waals surface area contributed by atoms with Gasteiger partial charge in [0.25, 0.3) is 0 Å². The highest BCUT2D eigenvalue weighted by molar-refractivity contribution is 7.92. The second kappa shape index (κ2) is 7.45. The zero-order valence-electron chi connectivity index (χ0n) is 11.8. The minimum Gasteiger partial charge on any atom is -0.315 e.